The van der Waals surface area contributed by atoms with Gasteiger partial charge in [-0.1, -0.05) is 5.73 Å². The second kappa shape index (κ2) is 2.29. The summed E-state index contributed by atoms with van der Waals surface area (Å²) in [5, 5.41) is 0. The van der Waals surface area contributed by atoms with Crippen LogP contribution in [0.1, 0.15) is 0 Å². The summed E-state index contributed by atoms with van der Waals surface area (Å²) in [6.45, 7) is 0. The highest BCUT2D eigenvalue weighted by Gasteiger charge is 2.74. The van der Waals surface area contributed by atoms with E-state index in [2.05, 4.69) is 0 Å². The first kappa shape index (κ1) is 10.1. The Morgan fingerprint density at radius 1 is 0.923 bits per heavy atom. The number of halogens is 7. The number of alkyl halides is 6. The van der Waals surface area contributed by atoms with Crippen LogP contribution in [0.25, 0.3) is 0 Å². The van der Waals surface area contributed by atoms with Crippen molar-refractivity contribution < 1.29 is 30.7 Å². The Kier molecular flexibility index (Phi) is 1.78. The highest BCUT2D eigenvalue weighted by Crippen LogP contribution is 2.51. The summed E-state index contributed by atoms with van der Waals surface area (Å²) < 4.78 is 84.7. The molecule has 0 heterocycles. The van der Waals surface area contributed by atoms with Gasteiger partial charge in [0, 0.05) is 0 Å². The molecular formula is C6F7. The average Bonchev–Trinajstić information content (AvgIpc) is 1.97. The second-order valence-electron chi connectivity index (χ2n) is 2.29. The molecule has 0 atom stereocenters. The molecule has 1 radical (unpaired) electrons. The van der Waals surface area contributed by atoms with Crippen molar-refractivity contribution in [2.45, 2.75) is 17.8 Å². The number of hydrogen-bond acceptors (Lipinski definition) is 0. The average molecular weight is 205 g/mol. The molecule has 0 aromatic heterocycles. The molecule has 0 spiro atoms. The van der Waals surface area contributed by atoms with Gasteiger partial charge < -0.3 is 0 Å². The molecule has 1 aliphatic carbocycles. The van der Waals surface area contributed by atoms with Crippen molar-refractivity contribution in [3.63, 3.8) is 0 Å². The molecule has 0 amide bonds. The smallest absolute Gasteiger partial charge is 0.196 e. The highest BCUT2D eigenvalue weighted by atomic mass is 19.3. The fourth-order valence-electron chi connectivity index (χ4n) is 0.625. The lowest BCUT2D eigenvalue weighted by molar-refractivity contribution is -0.288. The molecule has 0 aromatic rings. The lowest BCUT2D eigenvalue weighted by Crippen LogP contribution is -2.55. The Bertz CT molecular complexity index is 294. The quantitative estimate of drug-likeness (QED) is 0.421. The van der Waals surface area contributed by atoms with Crippen molar-refractivity contribution >= 4 is 0 Å². The third-order valence-corrected chi connectivity index (χ3v) is 1.39. The molecule has 0 aliphatic heterocycles. The van der Waals surface area contributed by atoms with Crippen LogP contribution >= 0.6 is 0 Å². The van der Waals surface area contributed by atoms with Crippen LogP contribution in [0.3, 0.4) is 0 Å². The van der Waals surface area contributed by atoms with Gasteiger partial charge in [-0.3, -0.25) is 0 Å². The van der Waals surface area contributed by atoms with E-state index in [1.54, 1.807) is 0 Å². The molecule has 0 aromatic carbocycles. The Labute approximate surface area is 67.3 Å². The molecule has 1 aliphatic rings. The third-order valence-electron chi connectivity index (χ3n) is 1.39. The molecule has 13 heavy (non-hydrogen) atoms. The van der Waals surface area contributed by atoms with E-state index in [1.165, 1.54) is 0 Å². The lowest BCUT2D eigenvalue weighted by Gasteiger charge is -2.30. The molecule has 0 unspecified atom stereocenters. The Balaban J connectivity index is 3.38. The summed E-state index contributed by atoms with van der Waals surface area (Å²) in [4.78, 5) is 0. The van der Waals surface area contributed by atoms with E-state index in [-0.39, 0.29) is 0 Å². The predicted molar refractivity (Wildman–Crippen MR) is 26.2 cm³/mol. The van der Waals surface area contributed by atoms with Gasteiger partial charge in [-0.05, 0) is 0 Å². The Morgan fingerprint density at radius 2 is 1.38 bits per heavy atom. The van der Waals surface area contributed by atoms with Gasteiger partial charge in [-0.25, -0.2) is 0 Å². The monoisotopic (exact) mass is 205 g/mol. The van der Waals surface area contributed by atoms with E-state index in [9.17, 15) is 30.7 Å². The summed E-state index contributed by atoms with van der Waals surface area (Å²) in [6, 6.07) is 0. The Hall–Kier alpha value is -0.970. The van der Waals surface area contributed by atoms with Crippen LogP contribution in [0.5, 0.6) is 0 Å². The van der Waals surface area contributed by atoms with Crippen molar-refractivity contribution in [3.8, 4) is 0 Å². The van der Waals surface area contributed by atoms with Crippen molar-refractivity contribution in [1.29, 1.82) is 0 Å². The molecule has 1 rings (SSSR count). The highest BCUT2D eigenvalue weighted by molar-refractivity contribution is 5.20. The summed E-state index contributed by atoms with van der Waals surface area (Å²) in [5.74, 6) is -19.3. The normalized spacial score (nSPS) is 28.4. The van der Waals surface area contributed by atoms with Crippen LogP contribution in [0.2, 0.25) is 0 Å². The number of rotatable bonds is 0. The van der Waals surface area contributed by atoms with Crippen LogP contribution in [0, 0.1) is 6.08 Å². The number of hydrogen-bond donors (Lipinski definition) is 0. The molecule has 0 N–H and O–H groups in total. The summed E-state index contributed by atoms with van der Waals surface area (Å²) >= 11 is 0. The van der Waals surface area contributed by atoms with Gasteiger partial charge in [0.05, 0.1) is 6.08 Å². The second-order valence-corrected chi connectivity index (χ2v) is 2.29. The summed E-state index contributed by atoms with van der Waals surface area (Å²) in [5.41, 5.74) is 0.638. The van der Waals surface area contributed by atoms with E-state index in [0.29, 0.717) is 11.8 Å². The first-order valence-corrected chi connectivity index (χ1v) is 2.82. The van der Waals surface area contributed by atoms with Crippen LogP contribution in [-0.2, 0) is 0 Å². The zero-order chi connectivity index (χ0) is 10.5. The molecule has 7 heteroatoms. The van der Waals surface area contributed by atoms with Gasteiger partial charge >= 0.3 is 17.8 Å². The van der Waals surface area contributed by atoms with Crippen molar-refractivity contribution in [1.82, 2.24) is 0 Å². The van der Waals surface area contributed by atoms with Crippen LogP contribution in [0.4, 0.5) is 30.7 Å². The summed E-state index contributed by atoms with van der Waals surface area (Å²) in [7, 11) is 0. The first-order chi connectivity index (χ1) is 5.63. The maximum Gasteiger partial charge on any atom is 0.384 e. The van der Waals surface area contributed by atoms with E-state index < -0.39 is 23.6 Å². The number of allylic oxidation sites excluding steroid dienone is 1. The largest absolute Gasteiger partial charge is 0.384 e. The van der Waals surface area contributed by atoms with Gasteiger partial charge in [0.15, 0.2) is 0 Å². The van der Waals surface area contributed by atoms with Crippen molar-refractivity contribution in [2.75, 3.05) is 0 Å². The SMILES string of the molecule is FC1=C=[C]C(F)(F)C(F)(F)C1(F)F. The van der Waals surface area contributed by atoms with Gasteiger partial charge in [-0.15, -0.1) is 0 Å². The van der Waals surface area contributed by atoms with Crippen LogP contribution < -0.4 is 0 Å². The maximum absolute atomic E-state index is 12.1. The van der Waals surface area contributed by atoms with Gasteiger partial charge in [0.25, 0.3) is 0 Å². The minimum atomic E-state index is -5.81. The van der Waals surface area contributed by atoms with E-state index >= 15 is 0 Å². The zero-order valence-corrected chi connectivity index (χ0v) is 5.65. The molecular weight excluding hydrogens is 205 g/mol. The minimum Gasteiger partial charge on any atom is -0.196 e. The predicted octanol–water partition coefficient (Wildman–Crippen LogP) is 2.72. The van der Waals surface area contributed by atoms with E-state index in [0.717, 1.165) is 0 Å². The minimum absolute atomic E-state index is 0.429. The first-order valence-electron chi connectivity index (χ1n) is 2.82. The Morgan fingerprint density at radius 3 is 1.77 bits per heavy atom. The standard InChI is InChI=1S/C6F7/c7-3-1-2-4(8,9)6(12,13)5(3,10)11. The fraction of sp³-hybridized carbons (Fsp3) is 0.500. The van der Waals surface area contributed by atoms with E-state index in [4.69, 9.17) is 0 Å². The zero-order valence-electron chi connectivity index (χ0n) is 5.65. The van der Waals surface area contributed by atoms with Crippen molar-refractivity contribution in [3.05, 3.63) is 17.6 Å². The van der Waals surface area contributed by atoms with E-state index in [1.807, 2.05) is 0 Å². The summed E-state index contributed by atoms with van der Waals surface area (Å²) in [6.07, 6.45) is 0.429. The van der Waals surface area contributed by atoms with Crippen LogP contribution in [0.15, 0.2) is 11.6 Å². The van der Waals surface area contributed by atoms with Gasteiger partial charge in [-0.2, -0.15) is 30.7 Å². The molecule has 0 fully saturated rings. The van der Waals surface area contributed by atoms with Gasteiger partial charge in [0.1, 0.15) is 0 Å². The molecule has 0 nitrogen and oxygen atoms in total. The topological polar surface area (TPSA) is 0 Å². The molecule has 0 saturated carbocycles. The van der Waals surface area contributed by atoms with Crippen LogP contribution in [-0.4, -0.2) is 17.8 Å². The molecule has 0 saturated heterocycles. The maximum atomic E-state index is 12.1. The van der Waals surface area contributed by atoms with Crippen molar-refractivity contribution in [2.24, 2.45) is 0 Å². The third kappa shape index (κ3) is 1.07. The lowest BCUT2D eigenvalue weighted by atomic mass is 9.99. The molecule has 73 valence electrons. The molecule has 0 bridgehead atoms. The fourth-order valence-corrected chi connectivity index (χ4v) is 0.625. The van der Waals surface area contributed by atoms with Gasteiger partial charge in [0.2, 0.25) is 5.83 Å².